The number of carbonyl (C=O) groups is 1. The number of sulfone groups is 1. The van der Waals surface area contributed by atoms with Crippen LogP contribution in [0.15, 0.2) is 41.4 Å². The fraction of sp³-hybridized carbons (Fsp3) is 0.125. The van der Waals surface area contributed by atoms with E-state index in [4.69, 9.17) is 11.5 Å². The Balaban J connectivity index is 2.12. The van der Waals surface area contributed by atoms with Crippen LogP contribution in [0, 0.1) is 0 Å². The van der Waals surface area contributed by atoms with E-state index in [1.165, 1.54) is 17.5 Å². The maximum Gasteiger partial charge on any atom is 0.251 e. The lowest BCUT2D eigenvalue weighted by molar-refractivity contribution is 0.100. The molecule has 24 heavy (non-hydrogen) atoms. The molecule has 2 heterocycles. The average Bonchev–Trinajstić information content (AvgIpc) is 3.01. The van der Waals surface area contributed by atoms with Gasteiger partial charge in [-0.25, -0.2) is 13.4 Å². The number of pyridine rings is 1. The van der Waals surface area contributed by atoms with Gasteiger partial charge >= 0.3 is 0 Å². The zero-order valence-electron chi connectivity index (χ0n) is 12.8. The van der Waals surface area contributed by atoms with Crippen molar-refractivity contribution in [3.05, 3.63) is 42.1 Å². The van der Waals surface area contributed by atoms with Gasteiger partial charge in [-0.15, -0.1) is 11.3 Å². The van der Waals surface area contributed by atoms with E-state index >= 15 is 0 Å². The number of hydrogen-bond donors (Lipinski definition) is 2. The number of hydrogen-bond acceptors (Lipinski definition) is 6. The number of anilines is 1. The van der Waals surface area contributed by atoms with Crippen molar-refractivity contribution in [2.45, 2.75) is 11.8 Å². The maximum absolute atomic E-state index is 11.9. The molecule has 0 unspecified atom stereocenters. The van der Waals surface area contributed by atoms with Crippen LogP contribution in [0.4, 0.5) is 5.82 Å². The zero-order chi connectivity index (χ0) is 17.5. The van der Waals surface area contributed by atoms with Gasteiger partial charge in [0.05, 0.1) is 20.9 Å². The number of benzene rings is 1. The molecule has 8 heteroatoms. The largest absolute Gasteiger partial charge is 0.383 e. The number of carbonyl (C=O) groups excluding carboxylic acids is 1. The van der Waals surface area contributed by atoms with Crippen molar-refractivity contribution >= 4 is 43.0 Å². The molecule has 1 amide bonds. The topological polar surface area (TPSA) is 116 Å². The average molecular weight is 361 g/mol. The molecule has 0 saturated carbocycles. The highest BCUT2D eigenvalue weighted by molar-refractivity contribution is 7.91. The number of amides is 1. The smallest absolute Gasteiger partial charge is 0.251 e. The zero-order valence-corrected chi connectivity index (χ0v) is 14.4. The van der Waals surface area contributed by atoms with E-state index in [0.717, 1.165) is 10.4 Å². The van der Waals surface area contributed by atoms with Gasteiger partial charge in [0, 0.05) is 16.5 Å². The summed E-state index contributed by atoms with van der Waals surface area (Å²) in [6.45, 7) is 1.61. The number of thiophene rings is 1. The highest BCUT2D eigenvalue weighted by Gasteiger charge is 2.16. The first-order valence-corrected chi connectivity index (χ1v) is 9.61. The van der Waals surface area contributed by atoms with Crippen molar-refractivity contribution in [3.8, 4) is 10.4 Å². The van der Waals surface area contributed by atoms with Gasteiger partial charge in [0.15, 0.2) is 9.84 Å². The first-order chi connectivity index (χ1) is 11.3. The summed E-state index contributed by atoms with van der Waals surface area (Å²) in [4.78, 5) is 16.7. The van der Waals surface area contributed by atoms with Crippen LogP contribution >= 0.6 is 11.3 Å². The molecule has 0 aliphatic rings. The Bertz CT molecular complexity index is 1040. The van der Waals surface area contributed by atoms with Crippen molar-refractivity contribution in [2.24, 2.45) is 5.73 Å². The van der Waals surface area contributed by atoms with Crippen molar-refractivity contribution in [1.82, 2.24) is 4.98 Å². The van der Waals surface area contributed by atoms with E-state index in [-0.39, 0.29) is 10.6 Å². The molecule has 0 fully saturated rings. The second-order valence-electron chi connectivity index (χ2n) is 5.20. The maximum atomic E-state index is 11.9. The van der Waals surface area contributed by atoms with Crippen LogP contribution in [0.25, 0.3) is 20.5 Å². The Morgan fingerprint density at radius 1 is 1.25 bits per heavy atom. The normalized spacial score (nSPS) is 11.7. The van der Waals surface area contributed by atoms with Crippen molar-refractivity contribution in [3.63, 3.8) is 0 Å². The predicted octanol–water partition coefficient (Wildman–Crippen LogP) is 2.44. The van der Waals surface area contributed by atoms with Gasteiger partial charge in [0.25, 0.3) is 5.91 Å². The molecule has 3 rings (SSSR count). The summed E-state index contributed by atoms with van der Waals surface area (Å²) in [5, 5.41) is 0.663. The van der Waals surface area contributed by atoms with E-state index in [9.17, 15) is 13.2 Å². The van der Waals surface area contributed by atoms with Crippen LogP contribution in [0.2, 0.25) is 0 Å². The minimum atomic E-state index is -3.23. The summed E-state index contributed by atoms with van der Waals surface area (Å²) in [6.07, 6.45) is 1.37. The Morgan fingerprint density at radius 2 is 1.92 bits per heavy atom. The quantitative estimate of drug-likeness (QED) is 0.740. The number of fused-ring (bicyclic) bond motifs is 1. The summed E-state index contributed by atoms with van der Waals surface area (Å²) in [5.74, 6) is -0.188. The third-order valence-electron chi connectivity index (χ3n) is 3.73. The second-order valence-corrected chi connectivity index (χ2v) is 8.53. The molecule has 0 aliphatic carbocycles. The molecule has 0 atom stereocenters. The van der Waals surface area contributed by atoms with Crippen molar-refractivity contribution < 1.29 is 13.2 Å². The van der Waals surface area contributed by atoms with Gasteiger partial charge in [0.1, 0.15) is 5.82 Å². The molecule has 2 aromatic heterocycles. The van der Waals surface area contributed by atoms with Crippen LogP contribution in [-0.2, 0) is 9.84 Å². The summed E-state index contributed by atoms with van der Waals surface area (Å²) >= 11 is 1.37. The van der Waals surface area contributed by atoms with Crippen LogP contribution in [0.3, 0.4) is 0 Å². The first kappa shape index (κ1) is 16.4. The monoisotopic (exact) mass is 361 g/mol. The summed E-state index contributed by atoms with van der Waals surface area (Å²) < 4.78 is 24.4. The summed E-state index contributed by atoms with van der Waals surface area (Å²) in [5.41, 5.74) is 12.4. The number of nitrogen functional groups attached to an aromatic ring is 1. The van der Waals surface area contributed by atoms with Gasteiger partial charge in [-0.2, -0.15) is 0 Å². The summed E-state index contributed by atoms with van der Waals surface area (Å²) in [7, 11) is -3.23. The van der Waals surface area contributed by atoms with E-state index in [1.807, 2.05) is 6.07 Å². The van der Waals surface area contributed by atoms with E-state index in [0.29, 0.717) is 21.5 Å². The van der Waals surface area contributed by atoms with Crippen LogP contribution in [-0.4, -0.2) is 25.1 Å². The molecule has 4 N–H and O–H groups in total. The number of rotatable bonds is 4. The van der Waals surface area contributed by atoms with E-state index in [1.54, 1.807) is 31.2 Å². The van der Waals surface area contributed by atoms with Gasteiger partial charge in [-0.3, -0.25) is 4.79 Å². The molecule has 3 aromatic rings. The molecule has 0 aliphatic heterocycles. The number of nitrogens with two attached hydrogens (primary N) is 2. The van der Waals surface area contributed by atoms with Gasteiger partial charge in [-0.1, -0.05) is 19.1 Å². The molecule has 0 saturated heterocycles. The number of nitrogens with zero attached hydrogens (tertiary/aromatic N) is 1. The van der Waals surface area contributed by atoms with Crippen molar-refractivity contribution in [1.29, 1.82) is 0 Å². The Morgan fingerprint density at radius 3 is 2.50 bits per heavy atom. The molecule has 0 bridgehead atoms. The molecular weight excluding hydrogens is 346 g/mol. The molecule has 0 radical (unpaired) electrons. The second kappa shape index (κ2) is 5.88. The highest BCUT2D eigenvalue weighted by Crippen LogP contribution is 2.37. The Labute approximate surface area is 143 Å². The van der Waals surface area contributed by atoms with Crippen LogP contribution in [0.1, 0.15) is 17.3 Å². The lowest BCUT2D eigenvalue weighted by Gasteiger charge is -2.02. The van der Waals surface area contributed by atoms with E-state index < -0.39 is 15.7 Å². The lowest BCUT2D eigenvalue weighted by Crippen LogP contribution is -2.11. The number of primary amides is 1. The Hall–Kier alpha value is -2.45. The molecule has 1 aromatic carbocycles. The van der Waals surface area contributed by atoms with Crippen molar-refractivity contribution in [2.75, 3.05) is 11.5 Å². The third-order valence-corrected chi connectivity index (χ3v) is 6.70. The fourth-order valence-corrected chi connectivity index (χ4v) is 4.43. The first-order valence-electron chi connectivity index (χ1n) is 7.14. The lowest BCUT2D eigenvalue weighted by atomic mass is 10.1. The summed E-state index contributed by atoms with van der Waals surface area (Å²) in [6, 6.07) is 8.46. The van der Waals surface area contributed by atoms with E-state index in [2.05, 4.69) is 4.98 Å². The molecule has 0 spiro atoms. The molecule has 6 nitrogen and oxygen atoms in total. The minimum absolute atomic E-state index is 0.0550. The van der Waals surface area contributed by atoms with Crippen LogP contribution < -0.4 is 11.5 Å². The van der Waals surface area contributed by atoms with Gasteiger partial charge in [-0.05, 0) is 23.8 Å². The highest BCUT2D eigenvalue weighted by atomic mass is 32.2. The molecule has 124 valence electrons. The molecular formula is C16H15N3O3S2. The fourth-order valence-electron chi connectivity index (χ4n) is 2.35. The standard InChI is InChI=1S/C16H15N3O3S2/c1-2-24(21,22)10-5-3-9(4-6-10)13-7-11-14(23-13)12(16(18)20)8-19-15(11)17/h3-8H,2H2,1H3,(H2,17,19)(H2,18,20). The minimum Gasteiger partial charge on any atom is -0.383 e. The number of aromatic nitrogens is 1. The van der Waals surface area contributed by atoms with Crippen LogP contribution in [0.5, 0.6) is 0 Å². The predicted molar refractivity (Wildman–Crippen MR) is 95.7 cm³/mol. The van der Waals surface area contributed by atoms with Gasteiger partial charge in [0.2, 0.25) is 0 Å². The Kier molecular flexibility index (Phi) is 4.02. The SMILES string of the molecule is CCS(=O)(=O)c1ccc(-c2cc3c(N)ncc(C(N)=O)c3s2)cc1. The van der Waals surface area contributed by atoms with Gasteiger partial charge < -0.3 is 11.5 Å². The third kappa shape index (κ3) is 2.74.